The standard InChI is InChI=1S/C13H13NO4/c15-9-1-2-11-8(5-14-6-10(16)7-14)3-13(17)18-12(11)4-9/h1-4,10,15-16H,5-7H2. The molecule has 2 aromatic rings. The highest BCUT2D eigenvalue weighted by atomic mass is 16.4. The van der Waals surface area contributed by atoms with Crippen LogP contribution >= 0.6 is 0 Å². The summed E-state index contributed by atoms with van der Waals surface area (Å²) >= 11 is 0. The van der Waals surface area contributed by atoms with Crippen molar-refractivity contribution in [3.63, 3.8) is 0 Å². The molecule has 5 nitrogen and oxygen atoms in total. The number of hydrogen-bond acceptors (Lipinski definition) is 5. The number of nitrogens with zero attached hydrogens (tertiary/aromatic N) is 1. The molecule has 0 unspecified atom stereocenters. The maximum absolute atomic E-state index is 11.5. The number of benzene rings is 1. The van der Waals surface area contributed by atoms with E-state index in [0.717, 1.165) is 10.9 Å². The van der Waals surface area contributed by atoms with Crippen LogP contribution in [0, 0.1) is 0 Å². The van der Waals surface area contributed by atoms with Crippen molar-refractivity contribution in [2.45, 2.75) is 12.6 Å². The SMILES string of the molecule is O=c1cc(CN2CC(O)C2)c2ccc(O)cc2o1. The van der Waals surface area contributed by atoms with Crippen molar-refractivity contribution < 1.29 is 14.6 Å². The third kappa shape index (κ3) is 1.98. The van der Waals surface area contributed by atoms with Gasteiger partial charge in [-0.15, -0.1) is 0 Å². The van der Waals surface area contributed by atoms with E-state index < -0.39 is 5.63 Å². The zero-order chi connectivity index (χ0) is 12.7. The Morgan fingerprint density at radius 3 is 2.83 bits per heavy atom. The van der Waals surface area contributed by atoms with Gasteiger partial charge in [0, 0.05) is 37.2 Å². The average molecular weight is 247 g/mol. The van der Waals surface area contributed by atoms with E-state index in [2.05, 4.69) is 0 Å². The molecule has 0 bridgehead atoms. The summed E-state index contributed by atoms with van der Waals surface area (Å²) < 4.78 is 5.05. The number of aliphatic hydroxyl groups excluding tert-OH is 1. The van der Waals surface area contributed by atoms with Crippen molar-refractivity contribution in [2.24, 2.45) is 0 Å². The van der Waals surface area contributed by atoms with E-state index in [1.165, 1.54) is 12.1 Å². The molecular formula is C13H13NO4. The third-order valence-electron chi connectivity index (χ3n) is 3.15. The lowest BCUT2D eigenvalue weighted by Gasteiger charge is -2.35. The summed E-state index contributed by atoms with van der Waals surface area (Å²) in [5.41, 5.74) is 0.816. The minimum absolute atomic E-state index is 0.0715. The van der Waals surface area contributed by atoms with Gasteiger partial charge in [0.2, 0.25) is 0 Å². The number of β-amino-alcohol motifs (C(OH)–C–C–N with tert-alkyl or cyclic N) is 1. The number of fused-ring (bicyclic) bond motifs is 1. The predicted molar refractivity (Wildman–Crippen MR) is 65.4 cm³/mol. The summed E-state index contributed by atoms with van der Waals surface area (Å²) in [6, 6.07) is 6.20. The molecule has 0 saturated carbocycles. The second-order valence-electron chi connectivity index (χ2n) is 4.62. The number of aromatic hydroxyl groups is 1. The molecule has 0 amide bonds. The molecule has 0 atom stereocenters. The van der Waals surface area contributed by atoms with Gasteiger partial charge in [0.15, 0.2) is 0 Å². The molecule has 0 radical (unpaired) electrons. The molecule has 1 aliphatic rings. The molecule has 1 aliphatic heterocycles. The number of phenolic OH excluding ortho intramolecular Hbond substituents is 1. The Bertz CT molecular complexity index is 643. The minimum Gasteiger partial charge on any atom is -0.508 e. The quantitative estimate of drug-likeness (QED) is 0.763. The van der Waals surface area contributed by atoms with Crippen LogP contribution in [0.1, 0.15) is 5.56 Å². The van der Waals surface area contributed by atoms with Gasteiger partial charge < -0.3 is 14.6 Å². The van der Waals surface area contributed by atoms with Crippen molar-refractivity contribution in [1.29, 1.82) is 0 Å². The first-order chi connectivity index (χ1) is 8.61. The maximum atomic E-state index is 11.5. The van der Waals surface area contributed by atoms with Gasteiger partial charge in [-0.3, -0.25) is 4.90 Å². The summed E-state index contributed by atoms with van der Waals surface area (Å²) in [5, 5.41) is 19.4. The summed E-state index contributed by atoms with van der Waals surface area (Å²) in [5.74, 6) is 0.0715. The van der Waals surface area contributed by atoms with Gasteiger partial charge in [-0.05, 0) is 17.7 Å². The van der Waals surface area contributed by atoms with Crippen molar-refractivity contribution >= 4 is 11.0 Å². The summed E-state index contributed by atoms with van der Waals surface area (Å²) in [4.78, 5) is 13.5. The fraction of sp³-hybridized carbons (Fsp3) is 0.308. The molecular weight excluding hydrogens is 234 g/mol. The first kappa shape index (κ1) is 11.3. The van der Waals surface area contributed by atoms with Crippen molar-refractivity contribution in [2.75, 3.05) is 13.1 Å². The van der Waals surface area contributed by atoms with Crippen LogP contribution in [0.3, 0.4) is 0 Å². The summed E-state index contributed by atoms with van der Waals surface area (Å²) in [7, 11) is 0. The van der Waals surface area contributed by atoms with Crippen molar-refractivity contribution in [3.8, 4) is 5.75 Å². The fourth-order valence-corrected chi connectivity index (χ4v) is 2.26. The number of hydrogen-bond donors (Lipinski definition) is 2. The number of phenols is 1. The Balaban J connectivity index is 2.02. The Hall–Kier alpha value is -1.85. The topological polar surface area (TPSA) is 73.9 Å². The van der Waals surface area contributed by atoms with E-state index in [4.69, 9.17) is 4.42 Å². The van der Waals surface area contributed by atoms with E-state index in [9.17, 15) is 15.0 Å². The summed E-state index contributed by atoms with van der Waals surface area (Å²) in [6.45, 7) is 1.85. The number of aliphatic hydroxyl groups is 1. The molecule has 0 spiro atoms. The predicted octanol–water partition coefficient (Wildman–Crippen LogP) is 0.675. The second kappa shape index (κ2) is 4.12. The lowest BCUT2D eigenvalue weighted by Crippen LogP contribution is -2.49. The molecule has 0 aliphatic carbocycles. The van der Waals surface area contributed by atoms with Gasteiger partial charge in [-0.25, -0.2) is 4.79 Å². The van der Waals surface area contributed by atoms with Gasteiger partial charge in [0.05, 0.1) is 6.10 Å². The molecule has 3 rings (SSSR count). The second-order valence-corrected chi connectivity index (χ2v) is 4.62. The minimum atomic E-state index is -0.427. The highest BCUT2D eigenvalue weighted by molar-refractivity contribution is 5.81. The van der Waals surface area contributed by atoms with Gasteiger partial charge in [0.25, 0.3) is 0 Å². The zero-order valence-electron chi connectivity index (χ0n) is 9.67. The Kier molecular flexibility index (Phi) is 2.57. The molecule has 94 valence electrons. The zero-order valence-corrected chi connectivity index (χ0v) is 9.67. The first-order valence-corrected chi connectivity index (χ1v) is 5.78. The molecule has 1 saturated heterocycles. The van der Waals surface area contributed by atoms with E-state index >= 15 is 0 Å². The number of likely N-dealkylation sites (tertiary alicyclic amines) is 1. The van der Waals surface area contributed by atoms with Crippen LogP contribution in [-0.2, 0) is 6.54 Å². The first-order valence-electron chi connectivity index (χ1n) is 5.78. The summed E-state index contributed by atoms with van der Waals surface area (Å²) in [6.07, 6.45) is -0.263. The van der Waals surface area contributed by atoms with Gasteiger partial charge in [-0.1, -0.05) is 0 Å². The fourth-order valence-electron chi connectivity index (χ4n) is 2.26. The van der Waals surface area contributed by atoms with Crippen LogP contribution < -0.4 is 5.63 Å². The highest BCUT2D eigenvalue weighted by Crippen LogP contribution is 2.23. The maximum Gasteiger partial charge on any atom is 0.336 e. The molecule has 1 aromatic heterocycles. The third-order valence-corrected chi connectivity index (χ3v) is 3.15. The van der Waals surface area contributed by atoms with E-state index in [1.807, 2.05) is 4.90 Å². The average Bonchev–Trinajstić information content (AvgIpc) is 2.25. The van der Waals surface area contributed by atoms with Crippen LogP contribution in [-0.4, -0.2) is 34.3 Å². The lowest BCUT2D eigenvalue weighted by atomic mass is 10.1. The largest absolute Gasteiger partial charge is 0.508 e. The Morgan fingerprint density at radius 1 is 1.33 bits per heavy atom. The molecule has 18 heavy (non-hydrogen) atoms. The Labute approximate surface area is 103 Å². The van der Waals surface area contributed by atoms with E-state index in [1.54, 1.807) is 12.1 Å². The molecule has 2 heterocycles. The molecule has 2 N–H and O–H groups in total. The van der Waals surface area contributed by atoms with Crippen LogP contribution in [0.5, 0.6) is 5.75 Å². The van der Waals surface area contributed by atoms with Gasteiger partial charge in [-0.2, -0.15) is 0 Å². The van der Waals surface area contributed by atoms with Crippen LogP contribution in [0.15, 0.2) is 33.5 Å². The van der Waals surface area contributed by atoms with Crippen molar-refractivity contribution in [3.05, 3.63) is 40.2 Å². The van der Waals surface area contributed by atoms with E-state index in [-0.39, 0.29) is 11.9 Å². The smallest absolute Gasteiger partial charge is 0.336 e. The Morgan fingerprint density at radius 2 is 2.11 bits per heavy atom. The van der Waals surface area contributed by atoms with Gasteiger partial charge in [0.1, 0.15) is 11.3 Å². The van der Waals surface area contributed by atoms with Gasteiger partial charge >= 0.3 is 5.63 Å². The lowest BCUT2D eigenvalue weighted by molar-refractivity contribution is -0.00268. The van der Waals surface area contributed by atoms with Crippen LogP contribution in [0.25, 0.3) is 11.0 Å². The van der Waals surface area contributed by atoms with Crippen LogP contribution in [0.4, 0.5) is 0 Å². The number of rotatable bonds is 2. The molecule has 1 aromatic carbocycles. The van der Waals surface area contributed by atoms with Crippen LogP contribution in [0.2, 0.25) is 0 Å². The normalized spacial score (nSPS) is 16.9. The monoisotopic (exact) mass is 247 g/mol. The van der Waals surface area contributed by atoms with E-state index in [0.29, 0.717) is 25.2 Å². The highest BCUT2D eigenvalue weighted by Gasteiger charge is 2.24. The molecule has 1 fully saturated rings. The molecule has 5 heteroatoms. The van der Waals surface area contributed by atoms with Crippen molar-refractivity contribution in [1.82, 2.24) is 4.90 Å².